The van der Waals surface area contributed by atoms with Gasteiger partial charge in [0.05, 0.1) is 0 Å². The Labute approximate surface area is 145 Å². The highest BCUT2D eigenvalue weighted by Crippen LogP contribution is 2.26. The first-order chi connectivity index (χ1) is 11.6. The summed E-state index contributed by atoms with van der Waals surface area (Å²) in [6, 6.07) is 17.8. The standard InChI is InChI=1S/C18H20N4OS/c1-13(2)17-20-21-18(22(17)19)24-12-14-7-6-10-16(11-14)23-15-8-4-3-5-9-15/h3-11,13H,12,19H2,1-2H3. The van der Waals surface area contributed by atoms with Crippen LogP contribution >= 0.6 is 11.8 Å². The van der Waals surface area contributed by atoms with Crippen molar-refractivity contribution in [2.24, 2.45) is 0 Å². The summed E-state index contributed by atoms with van der Waals surface area (Å²) >= 11 is 1.56. The van der Waals surface area contributed by atoms with E-state index in [-0.39, 0.29) is 5.92 Å². The topological polar surface area (TPSA) is 66.0 Å². The van der Waals surface area contributed by atoms with E-state index in [0.717, 1.165) is 28.6 Å². The lowest BCUT2D eigenvalue weighted by Gasteiger charge is -2.08. The van der Waals surface area contributed by atoms with E-state index in [1.165, 1.54) is 0 Å². The van der Waals surface area contributed by atoms with Crippen molar-refractivity contribution in [2.75, 3.05) is 5.84 Å². The molecule has 1 heterocycles. The third-order valence-corrected chi connectivity index (χ3v) is 4.47. The number of thioether (sulfide) groups is 1. The van der Waals surface area contributed by atoms with E-state index >= 15 is 0 Å². The van der Waals surface area contributed by atoms with Crippen molar-refractivity contribution in [3.05, 3.63) is 66.0 Å². The summed E-state index contributed by atoms with van der Waals surface area (Å²) in [4.78, 5) is 0. The van der Waals surface area contributed by atoms with Crippen LogP contribution in [0.3, 0.4) is 0 Å². The molecule has 0 fully saturated rings. The molecule has 6 heteroatoms. The lowest BCUT2D eigenvalue weighted by atomic mass is 10.2. The van der Waals surface area contributed by atoms with E-state index in [0.29, 0.717) is 5.16 Å². The molecular weight excluding hydrogens is 320 g/mol. The highest BCUT2D eigenvalue weighted by molar-refractivity contribution is 7.98. The molecule has 124 valence electrons. The second kappa shape index (κ2) is 7.40. The summed E-state index contributed by atoms with van der Waals surface area (Å²) < 4.78 is 7.43. The summed E-state index contributed by atoms with van der Waals surface area (Å²) in [5, 5.41) is 9.02. The Morgan fingerprint density at radius 3 is 2.50 bits per heavy atom. The van der Waals surface area contributed by atoms with Crippen molar-refractivity contribution >= 4 is 11.8 Å². The molecule has 0 amide bonds. The Kier molecular flexibility index (Phi) is 5.05. The van der Waals surface area contributed by atoms with E-state index in [1.54, 1.807) is 16.4 Å². The normalized spacial score (nSPS) is 11.0. The molecule has 2 N–H and O–H groups in total. The Bertz CT molecular complexity index is 802. The molecule has 0 radical (unpaired) electrons. The molecule has 0 spiro atoms. The Hall–Kier alpha value is -2.47. The van der Waals surface area contributed by atoms with Crippen LogP contribution in [-0.4, -0.2) is 14.9 Å². The van der Waals surface area contributed by atoms with E-state index < -0.39 is 0 Å². The van der Waals surface area contributed by atoms with Crippen molar-refractivity contribution in [3.63, 3.8) is 0 Å². The number of hydrogen-bond acceptors (Lipinski definition) is 5. The number of ether oxygens (including phenoxy) is 1. The Morgan fingerprint density at radius 2 is 1.79 bits per heavy atom. The van der Waals surface area contributed by atoms with Crippen LogP contribution in [0.2, 0.25) is 0 Å². The van der Waals surface area contributed by atoms with Gasteiger partial charge in [-0.15, -0.1) is 10.2 Å². The molecule has 3 rings (SSSR count). The number of para-hydroxylation sites is 1. The summed E-state index contributed by atoms with van der Waals surface area (Å²) in [7, 11) is 0. The van der Waals surface area contributed by atoms with E-state index in [2.05, 4.69) is 16.3 Å². The highest BCUT2D eigenvalue weighted by atomic mass is 32.2. The maximum absolute atomic E-state index is 6.05. The van der Waals surface area contributed by atoms with Crippen LogP contribution in [0.4, 0.5) is 0 Å². The van der Waals surface area contributed by atoms with Gasteiger partial charge in [0.15, 0.2) is 5.82 Å². The average Bonchev–Trinajstić information content (AvgIpc) is 2.95. The lowest BCUT2D eigenvalue weighted by molar-refractivity contribution is 0.482. The summed E-state index contributed by atoms with van der Waals surface area (Å²) in [6.45, 7) is 4.10. The van der Waals surface area contributed by atoms with E-state index in [9.17, 15) is 0 Å². The molecule has 3 aromatic rings. The molecular formula is C18H20N4OS. The van der Waals surface area contributed by atoms with Gasteiger partial charge < -0.3 is 10.6 Å². The number of hydrogen-bond donors (Lipinski definition) is 1. The van der Waals surface area contributed by atoms with Gasteiger partial charge in [0.2, 0.25) is 5.16 Å². The van der Waals surface area contributed by atoms with Gasteiger partial charge in [-0.2, -0.15) is 0 Å². The zero-order valence-electron chi connectivity index (χ0n) is 13.7. The monoisotopic (exact) mass is 340 g/mol. The quantitative estimate of drug-likeness (QED) is 0.538. The van der Waals surface area contributed by atoms with Crippen LogP contribution in [0.1, 0.15) is 31.2 Å². The molecule has 0 bridgehead atoms. The first-order valence-electron chi connectivity index (χ1n) is 7.78. The van der Waals surface area contributed by atoms with Gasteiger partial charge >= 0.3 is 0 Å². The predicted octanol–water partition coefficient (Wildman–Crippen LogP) is 4.20. The van der Waals surface area contributed by atoms with Gasteiger partial charge in [0, 0.05) is 11.7 Å². The predicted molar refractivity (Wildman–Crippen MR) is 96.8 cm³/mol. The van der Waals surface area contributed by atoms with E-state index in [1.807, 2.05) is 62.4 Å². The van der Waals surface area contributed by atoms with Gasteiger partial charge in [-0.05, 0) is 29.8 Å². The smallest absolute Gasteiger partial charge is 0.210 e. The van der Waals surface area contributed by atoms with Crippen molar-refractivity contribution in [1.29, 1.82) is 0 Å². The molecule has 0 aliphatic heterocycles. The number of nitrogen functional groups attached to an aromatic ring is 1. The van der Waals surface area contributed by atoms with E-state index in [4.69, 9.17) is 10.6 Å². The van der Waals surface area contributed by atoms with Crippen LogP contribution in [0.15, 0.2) is 59.8 Å². The third kappa shape index (κ3) is 3.89. The second-order valence-corrected chi connectivity index (χ2v) is 6.66. The maximum atomic E-state index is 6.05. The average molecular weight is 340 g/mol. The lowest BCUT2D eigenvalue weighted by Crippen LogP contribution is -2.14. The third-order valence-electron chi connectivity index (χ3n) is 3.45. The molecule has 1 aromatic heterocycles. The number of benzene rings is 2. The SMILES string of the molecule is CC(C)c1nnc(SCc2cccc(Oc3ccccc3)c2)n1N. The van der Waals surface area contributed by atoms with Crippen molar-refractivity contribution in [3.8, 4) is 11.5 Å². The van der Waals surface area contributed by atoms with Crippen LogP contribution in [0.5, 0.6) is 11.5 Å². The maximum Gasteiger partial charge on any atom is 0.210 e. The minimum atomic E-state index is 0.249. The van der Waals surface area contributed by atoms with Crippen LogP contribution in [0, 0.1) is 0 Å². The van der Waals surface area contributed by atoms with Gasteiger partial charge in [0.1, 0.15) is 11.5 Å². The molecule has 0 unspecified atom stereocenters. The van der Waals surface area contributed by atoms with Crippen molar-refractivity contribution in [1.82, 2.24) is 14.9 Å². The minimum Gasteiger partial charge on any atom is -0.457 e. The first-order valence-corrected chi connectivity index (χ1v) is 8.77. The largest absolute Gasteiger partial charge is 0.457 e. The molecule has 0 saturated carbocycles. The van der Waals surface area contributed by atoms with Crippen LogP contribution in [-0.2, 0) is 5.75 Å². The van der Waals surface area contributed by atoms with Crippen LogP contribution in [0.25, 0.3) is 0 Å². The second-order valence-electron chi connectivity index (χ2n) is 5.72. The van der Waals surface area contributed by atoms with Gasteiger partial charge in [-0.3, -0.25) is 0 Å². The number of nitrogens with two attached hydrogens (primary N) is 1. The first kappa shape index (κ1) is 16.4. The fourth-order valence-electron chi connectivity index (χ4n) is 2.25. The highest BCUT2D eigenvalue weighted by Gasteiger charge is 2.13. The molecule has 5 nitrogen and oxygen atoms in total. The van der Waals surface area contributed by atoms with Crippen molar-refractivity contribution < 1.29 is 4.74 Å². The van der Waals surface area contributed by atoms with Gasteiger partial charge in [0.25, 0.3) is 0 Å². The molecule has 0 aliphatic carbocycles. The van der Waals surface area contributed by atoms with Crippen LogP contribution < -0.4 is 10.6 Å². The molecule has 0 aliphatic rings. The van der Waals surface area contributed by atoms with Gasteiger partial charge in [-0.25, -0.2) is 4.68 Å². The Balaban J connectivity index is 1.67. The van der Waals surface area contributed by atoms with Crippen molar-refractivity contribution in [2.45, 2.75) is 30.7 Å². The zero-order chi connectivity index (χ0) is 16.9. The minimum absolute atomic E-state index is 0.249. The summed E-state index contributed by atoms with van der Waals surface area (Å²) in [5.74, 6) is 9.48. The molecule has 0 atom stereocenters. The fraction of sp³-hybridized carbons (Fsp3) is 0.222. The molecule has 0 saturated heterocycles. The summed E-state index contributed by atoms with van der Waals surface area (Å²) in [5.41, 5.74) is 1.14. The Morgan fingerprint density at radius 1 is 1.04 bits per heavy atom. The molecule has 24 heavy (non-hydrogen) atoms. The number of nitrogens with zero attached hydrogens (tertiary/aromatic N) is 3. The summed E-state index contributed by atoms with van der Waals surface area (Å²) in [6.07, 6.45) is 0. The fourth-order valence-corrected chi connectivity index (χ4v) is 3.06. The van der Waals surface area contributed by atoms with Gasteiger partial charge in [-0.1, -0.05) is 55.9 Å². The number of aromatic nitrogens is 3. The zero-order valence-corrected chi connectivity index (χ0v) is 14.5. The number of rotatable bonds is 6. The molecule has 2 aromatic carbocycles.